The molecule has 1 atom stereocenters. The van der Waals surface area contributed by atoms with Crippen molar-refractivity contribution in [1.82, 2.24) is 14.5 Å². The van der Waals surface area contributed by atoms with Gasteiger partial charge in [-0.05, 0) is 36.2 Å². The minimum atomic E-state index is 0.262. The summed E-state index contributed by atoms with van der Waals surface area (Å²) in [4.78, 5) is 9.37. The standard InChI is InChI=1S/C26H20ClN3S/c1-18(19-9-4-2-5-10-19)31-26-24-23(20-11-6-3-7-12-20)16-30(25(24)28-17-29-26)22-14-8-13-21(27)15-22/h2-18H,1H3/t18-/m1/s1. The van der Waals surface area contributed by atoms with Gasteiger partial charge in [-0.25, -0.2) is 9.97 Å². The highest BCUT2D eigenvalue weighted by Crippen LogP contribution is 2.41. The first kappa shape index (κ1) is 19.9. The predicted molar refractivity (Wildman–Crippen MR) is 130 cm³/mol. The lowest BCUT2D eigenvalue weighted by molar-refractivity contribution is 1.03. The number of benzene rings is 3. The highest BCUT2D eigenvalue weighted by Gasteiger charge is 2.19. The summed E-state index contributed by atoms with van der Waals surface area (Å²) in [5.74, 6) is 0. The van der Waals surface area contributed by atoms with Crippen LogP contribution in [0.15, 0.2) is 102 Å². The molecule has 0 spiro atoms. The Bertz CT molecular complexity index is 1330. The third-order valence-electron chi connectivity index (χ3n) is 5.28. The zero-order valence-electron chi connectivity index (χ0n) is 16.9. The molecule has 2 heterocycles. The largest absolute Gasteiger partial charge is 0.301 e. The van der Waals surface area contributed by atoms with Gasteiger partial charge in [0.05, 0.1) is 5.39 Å². The highest BCUT2D eigenvalue weighted by atomic mass is 35.5. The van der Waals surface area contributed by atoms with Crippen LogP contribution >= 0.6 is 23.4 Å². The summed E-state index contributed by atoms with van der Waals surface area (Å²) in [5, 5.41) is 2.99. The molecule has 0 fully saturated rings. The molecule has 0 aliphatic carbocycles. The normalized spacial score (nSPS) is 12.2. The van der Waals surface area contributed by atoms with Crippen LogP contribution in [0.2, 0.25) is 5.02 Å². The zero-order valence-corrected chi connectivity index (χ0v) is 18.5. The Morgan fingerprint density at radius 3 is 2.35 bits per heavy atom. The van der Waals surface area contributed by atoms with Crippen LogP contribution in [0, 0.1) is 0 Å². The molecule has 5 aromatic rings. The maximum atomic E-state index is 6.29. The fraction of sp³-hybridized carbons (Fsp3) is 0.0769. The molecule has 3 nitrogen and oxygen atoms in total. The molecule has 0 unspecified atom stereocenters. The van der Waals surface area contributed by atoms with E-state index in [1.54, 1.807) is 18.1 Å². The molecule has 0 saturated heterocycles. The second-order valence-corrected chi connectivity index (χ2v) is 9.07. The van der Waals surface area contributed by atoms with Crippen molar-refractivity contribution in [3.8, 4) is 16.8 Å². The van der Waals surface area contributed by atoms with Gasteiger partial charge in [-0.3, -0.25) is 0 Å². The van der Waals surface area contributed by atoms with Gasteiger partial charge in [0.1, 0.15) is 17.0 Å². The van der Waals surface area contributed by atoms with Gasteiger partial charge < -0.3 is 4.57 Å². The van der Waals surface area contributed by atoms with Gasteiger partial charge in [-0.15, -0.1) is 0 Å². The maximum Gasteiger partial charge on any atom is 0.149 e. The molecule has 0 amide bonds. The lowest BCUT2D eigenvalue weighted by Crippen LogP contribution is -1.96. The van der Waals surface area contributed by atoms with E-state index in [1.165, 1.54) is 5.56 Å². The summed E-state index contributed by atoms with van der Waals surface area (Å²) in [6.45, 7) is 2.21. The third kappa shape index (κ3) is 3.97. The maximum absolute atomic E-state index is 6.29. The molecule has 0 aliphatic rings. The van der Waals surface area contributed by atoms with Gasteiger partial charge in [0.15, 0.2) is 0 Å². The number of halogens is 1. The van der Waals surface area contributed by atoms with E-state index < -0.39 is 0 Å². The predicted octanol–water partition coefficient (Wildman–Crippen LogP) is 7.59. The van der Waals surface area contributed by atoms with Crippen molar-refractivity contribution in [3.05, 3.63) is 108 Å². The zero-order chi connectivity index (χ0) is 21.2. The van der Waals surface area contributed by atoms with Crippen molar-refractivity contribution in [3.63, 3.8) is 0 Å². The Morgan fingerprint density at radius 2 is 1.61 bits per heavy atom. The fourth-order valence-electron chi connectivity index (χ4n) is 3.74. The topological polar surface area (TPSA) is 30.7 Å². The number of rotatable bonds is 5. The molecule has 0 aliphatic heterocycles. The van der Waals surface area contributed by atoms with Crippen LogP contribution in [0.5, 0.6) is 0 Å². The van der Waals surface area contributed by atoms with Gasteiger partial charge in [-0.2, -0.15) is 0 Å². The molecule has 0 radical (unpaired) electrons. The minimum Gasteiger partial charge on any atom is -0.301 e. The van der Waals surface area contributed by atoms with Crippen molar-refractivity contribution < 1.29 is 0 Å². The average Bonchev–Trinajstić information content (AvgIpc) is 3.21. The molecule has 0 N–H and O–H groups in total. The Kier molecular flexibility index (Phi) is 5.49. The lowest BCUT2D eigenvalue weighted by atomic mass is 10.1. The SMILES string of the molecule is C[C@@H](Sc1ncnc2c1c(-c1ccccc1)cn2-c1cccc(Cl)c1)c1ccccc1. The highest BCUT2D eigenvalue weighted by molar-refractivity contribution is 7.99. The van der Waals surface area contributed by atoms with Crippen LogP contribution in [-0.4, -0.2) is 14.5 Å². The van der Waals surface area contributed by atoms with Crippen LogP contribution in [0.25, 0.3) is 27.8 Å². The van der Waals surface area contributed by atoms with Crippen LogP contribution < -0.4 is 0 Å². The first-order chi connectivity index (χ1) is 15.2. The summed E-state index contributed by atoms with van der Waals surface area (Å²) >= 11 is 8.04. The van der Waals surface area contributed by atoms with Gasteiger partial charge in [0.2, 0.25) is 0 Å². The molecule has 0 bridgehead atoms. The third-order valence-corrected chi connectivity index (χ3v) is 6.67. The molecule has 152 valence electrons. The van der Waals surface area contributed by atoms with Crippen molar-refractivity contribution in [2.24, 2.45) is 0 Å². The summed E-state index contributed by atoms with van der Waals surface area (Å²) in [5.41, 5.74) is 5.37. The van der Waals surface area contributed by atoms with Crippen LogP contribution in [0.4, 0.5) is 0 Å². The summed E-state index contributed by atoms with van der Waals surface area (Å²) in [6, 6.07) is 28.7. The molecule has 0 saturated carbocycles. The van der Waals surface area contributed by atoms with E-state index in [9.17, 15) is 0 Å². The summed E-state index contributed by atoms with van der Waals surface area (Å²) in [7, 11) is 0. The number of hydrogen-bond donors (Lipinski definition) is 0. The average molecular weight is 442 g/mol. The van der Waals surface area contributed by atoms with Gasteiger partial charge in [-0.1, -0.05) is 90.1 Å². The molecule has 5 heteroatoms. The smallest absolute Gasteiger partial charge is 0.149 e. The van der Waals surface area contributed by atoms with Crippen molar-refractivity contribution >= 4 is 34.4 Å². The number of nitrogens with zero attached hydrogens (tertiary/aromatic N) is 3. The molecule has 2 aromatic heterocycles. The molecular weight excluding hydrogens is 422 g/mol. The fourth-order valence-corrected chi connectivity index (χ4v) is 4.98. The lowest BCUT2D eigenvalue weighted by Gasteiger charge is -2.12. The molecule has 31 heavy (non-hydrogen) atoms. The van der Waals surface area contributed by atoms with E-state index >= 15 is 0 Å². The number of hydrogen-bond acceptors (Lipinski definition) is 3. The van der Waals surface area contributed by atoms with E-state index in [-0.39, 0.29) is 5.25 Å². The minimum absolute atomic E-state index is 0.262. The Hall–Kier alpha value is -3.08. The molecular formula is C26H20ClN3S. The first-order valence-electron chi connectivity index (χ1n) is 10.1. The van der Waals surface area contributed by atoms with E-state index in [1.807, 2.05) is 36.4 Å². The second-order valence-electron chi connectivity index (χ2n) is 7.31. The van der Waals surface area contributed by atoms with Crippen molar-refractivity contribution in [1.29, 1.82) is 0 Å². The van der Waals surface area contributed by atoms with E-state index in [2.05, 4.69) is 71.2 Å². The Labute approximate surface area is 190 Å². The molecule has 3 aromatic carbocycles. The Morgan fingerprint density at radius 1 is 0.871 bits per heavy atom. The van der Waals surface area contributed by atoms with E-state index in [0.29, 0.717) is 5.02 Å². The summed E-state index contributed by atoms with van der Waals surface area (Å²) in [6.07, 6.45) is 3.79. The van der Waals surface area contributed by atoms with E-state index in [0.717, 1.165) is 32.9 Å². The number of aromatic nitrogens is 3. The summed E-state index contributed by atoms with van der Waals surface area (Å²) < 4.78 is 2.10. The first-order valence-corrected chi connectivity index (χ1v) is 11.4. The van der Waals surface area contributed by atoms with Crippen LogP contribution in [-0.2, 0) is 0 Å². The van der Waals surface area contributed by atoms with Gasteiger partial charge >= 0.3 is 0 Å². The van der Waals surface area contributed by atoms with Crippen LogP contribution in [0.3, 0.4) is 0 Å². The monoisotopic (exact) mass is 441 g/mol. The van der Waals surface area contributed by atoms with Crippen molar-refractivity contribution in [2.75, 3.05) is 0 Å². The van der Waals surface area contributed by atoms with Crippen molar-refractivity contribution in [2.45, 2.75) is 17.2 Å². The van der Waals surface area contributed by atoms with Crippen LogP contribution in [0.1, 0.15) is 17.7 Å². The quantitative estimate of drug-likeness (QED) is 0.208. The van der Waals surface area contributed by atoms with Gasteiger partial charge in [0, 0.05) is 27.7 Å². The van der Waals surface area contributed by atoms with E-state index in [4.69, 9.17) is 16.6 Å². The number of fused-ring (bicyclic) bond motifs is 1. The second kappa shape index (κ2) is 8.58. The molecule has 5 rings (SSSR count). The Balaban J connectivity index is 1.70. The number of thioether (sulfide) groups is 1. The van der Waals surface area contributed by atoms with Gasteiger partial charge in [0.25, 0.3) is 0 Å².